The van der Waals surface area contributed by atoms with Crippen molar-refractivity contribution in [2.45, 2.75) is 24.0 Å². The van der Waals surface area contributed by atoms with Crippen molar-refractivity contribution in [1.29, 1.82) is 5.26 Å². The van der Waals surface area contributed by atoms with Gasteiger partial charge in [-0.25, -0.2) is 13.2 Å². The molecule has 0 spiro atoms. The first-order chi connectivity index (χ1) is 13.9. The van der Waals surface area contributed by atoms with E-state index in [-0.39, 0.29) is 16.2 Å². The number of pyridine rings is 1. The van der Waals surface area contributed by atoms with Crippen LogP contribution in [-0.2, 0) is 22.0 Å². The molecule has 7 heteroatoms. The maximum atomic E-state index is 13.2. The smallest absolute Gasteiger partial charge is 0.335 e. The van der Waals surface area contributed by atoms with Crippen LogP contribution in [0.1, 0.15) is 34.0 Å². The zero-order chi connectivity index (χ0) is 21.0. The van der Waals surface area contributed by atoms with E-state index < -0.39 is 15.8 Å². The minimum atomic E-state index is -3.87. The summed E-state index contributed by atoms with van der Waals surface area (Å²) in [7, 11) is -3.87. The molecule has 6 nitrogen and oxygen atoms in total. The minimum Gasteiger partial charge on any atom is -0.478 e. The van der Waals surface area contributed by atoms with E-state index in [2.05, 4.69) is 4.98 Å². The molecule has 0 amide bonds. The Labute approximate surface area is 169 Å². The van der Waals surface area contributed by atoms with Crippen LogP contribution in [0.3, 0.4) is 0 Å². The second-order valence-electron chi connectivity index (χ2n) is 6.44. The molecule has 0 fully saturated rings. The van der Waals surface area contributed by atoms with Gasteiger partial charge in [-0.3, -0.25) is 4.98 Å². The quantitative estimate of drug-likeness (QED) is 0.666. The van der Waals surface area contributed by atoms with E-state index in [0.717, 1.165) is 0 Å². The summed E-state index contributed by atoms with van der Waals surface area (Å²) in [5.41, 5.74) is 2.44. The molecule has 0 saturated carbocycles. The van der Waals surface area contributed by atoms with Gasteiger partial charge in [-0.2, -0.15) is 5.26 Å². The van der Waals surface area contributed by atoms with Crippen LogP contribution in [0.4, 0.5) is 0 Å². The normalized spacial score (nSPS) is 11.0. The third kappa shape index (κ3) is 4.33. The molecule has 0 unspecified atom stereocenters. The van der Waals surface area contributed by atoms with Crippen molar-refractivity contribution in [2.24, 2.45) is 0 Å². The molecule has 0 aliphatic heterocycles. The number of benzene rings is 2. The fourth-order valence-corrected chi connectivity index (χ4v) is 4.83. The first-order valence-corrected chi connectivity index (χ1v) is 10.5. The van der Waals surface area contributed by atoms with Crippen LogP contribution in [0.15, 0.2) is 65.7 Å². The number of carbonyl (C=O) groups is 1. The average molecular weight is 406 g/mol. The summed E-state index contributed by atoms with van der Waals surface area (Å²) < 4.78 is 26.5. The van der Waals surface area contributed by atoms with Crippen LogP contribution in [0.5, 0.6) is 0 Å². The van der Waals surface area contributed by atoms with Gasteiger partial charge in [-0.15, -0.1) is 0 Å². The van der Waals surface area contributed by atoms with Crippen molar-refractivity contribution in [1.82, 2.24) is 4.98 Å². The fourth-order valence-electron chi connectivity index (χ4n) is 3.11. The van der Waals surface area contributed by atoms with Crippen LogP contribution < -0.4 is 0 Å². The topological polar surface area (TPSA) is 108 Å². The molecule has 1 heterocycles. The van der Waals surface area contributed by atoms with E-state index in [4.69, 9.17) is 0 Å². The molecule has 0 saturated heterocycles. The van der Waals surface area contributed by atoms with Gasteiger partial charge in [0.2, 0.25) is 0 Å². The lowest BCUT2D eigenvalue weighted by Gasteiger charge is -2.13. The van der Waals surface area contributed by atoms with Crippen molar-refractivity contribution < 1.29 is 18.3 Å². The van der Waals surface area contributed by atoms with E-state index >= 15 is 0 Å². The Kier molecular flexibility index (Phi) is 5.76. The van der Waals surface area contributed by atoms with Crippen LogP contribution in [0, 0.1) is 11.3 Å². The number of sulfone groups is 1. The van der Waals surface area contributed by atoms with Crippen LogP contribution >= 0.6 is 0 Å². The van der Waals surface area contributed by atoms with E-state index in [1.807, 2.05) is 13.0 Å². The zero-order valence-corrected chi connectivity index (χ0v) is 16.5. The summed E-state index contributed by atoms with van der Waals surface area (Å²) in [6.45, 7) is 1.81. The SMILES string of the molecule is CCc1ccc(C(=O)O)cc1S(=O)(=O)Cc1cc(C#N)ccc1-c1ccccn1. The third-order valence-electron chi connectivity index (χ3n) is 4.55. The second kappa shape index (κ2) is 8.25. The number of aromatic nitrogens is 1. The highest BCUT2D eigenvalue weighted by Gasteiger charge is 2.23. The number of carboxylic acids is 1. The van der Waals surface area contributed by atoms with Gasteiger partial charge in [0.05, 0.1) is 33.5 Å². The number of hydrogen-bond acceptors (Lipinski definition) is 5. The Hall–Kier alpha value is -3.50. The number of carboxylic acid groups (broad SMARTS) is 1. The Bertz CT molecular complexity index is 1210. The molecule has 3 aromatic rings. The largest absolute Gasteiger partial charge is 0.478 e. The predicted octanol–water partition coefficient (Wildman–Crippen LogP) is 3.85. The summed E-state index contributed by atoms with van der Waals surface area (Å²) >= 11 is 0. The summed E-state index contributed by atoms with van der Waals surface area (Å²) in [5, 5.41) is 18.5. The summed E-state index contributed by atoms with van der Waals surface area (Å²) in [6.07, 6.45) is 2.05. The summed E-state index contributed by atoms with van der Waals surface area (Å²) in [6, 6.07) is 16.3. The highest BCUT2D eigenvalue weighted by Crippen LogP contribution is 2.29. The first-order valence-electron chi connectivity index (χ1n) is 8.89. The van der Waals surface area contributed by atoms with Gasteiger partial charge in [0.15, 0.2) is 9.84 Å². The standard InChI is InChI=1S/C22H18N2O4S/c1-2-16-7-8-17(22(25)26)12-21(16)29(27,28)14-18-11-15(13-23)6-9-19(18)20-5-3-4-10-24-20/h3-12H,2,14H2,1H3,(H,25,26). The number of nitriles is 1. The molecule has 29 heavy (non-hydrogen) atoms. The van der Waals surface area contributed by atoms with Crippen LogP contribution in [-0.4, -0.2) is 24.5 Å². The summed E-state index contributed by atoms with van der Waals surface area (Å²) in [5.74, 6) is -1.56. The highest BCUT2D eigenvalue weighted by molar-refractivity contribution is 7.90. The van der Waals surface area contributed by atoms with E-state index in [0.29, 0.717) is 34.4 Å². The zero-order valence-electron chi connectivity index (χ0n) is 15.7. The molecule has 0 aliphatic carbocycles. The van der Waals surface area contributed by atoms with Crippen molar-refractivity contribution in [3.8, 4) is 17.3 Å². The molecule has 1 N–H and O–H groups in total. The number of rotatable bonds is 6. The molecule has 0 aliphatic rings. The lowest BCUT2D eigenvalue weighted by Crippen LogP contribution is -2.11. The molecule has 0 radical (unpaired) electrons. The fraction of sp³-hybridized carbons (Fsp3) is 0.136. The van der Waals surface area contributed by atoms with Crippen molar-refractivity contribution >= 4 is 15.8 Å². The van der Waals surface area contributed by atoms with Gasteiger partial charge in [0, 0.05) is 11.8 Å². The maximum Gasteiger partial charge on any atom is 0.335 e. The van der Waals surface area contributed by atoms with Crippen molar-refractivity contribution in [3.63, 3.8) is 0 Å². The van der Waals surface area contributed by atoms with Gasteiger partial charge >= 0.3 is 5.97 Å². The lowest BCUT2D eigenvalue weighted by molar-refractivity contribution is 0.0696. The number of aryl methyl sites for hydroxylation is 1. The van der Waals surface area contributed by atoms with Gasteiger partial charge < -0.3 is 5.11 Å². The lowest BCUT2D eigenvalue weighted by atomic mass is 10.0. The minimum absolute atomic E-state index is 0.00534. The molecule has 2 aromatic carbocycles. The molecule has 146 valence electrons. The van der Waals surface area contributed by atoms with Crippen LogP contribution in [0.25, 0.3) is 11.3 Å². The molecule has 3 rings (SSSR count). The molecule has 1 aromatic heterocycles. The van der Waals surface area contributed by atoms with Gasteiger partial charge in [0.1, 0.15) is 0 Å². The van der Waals surface area contributed by atoms with Gasteiger partial charge in [-0.1, -0.05) is 25.1 Å². The van der Waals surface area contributed by atoms with E-state index in [1.165, 1.54) is 24.3 Å². The maximum absolute atomic E-state index is 13.2. The number of hydrogen-bond donors (Lipinski definition) is 1. The third-order valence-corrected chi connectivity index (χ3v) is 6.29. The molecule has 0 bridgehead atoms. The van der Waals surface area contributed by atoms with Gasteiger partial charge in [0.25, 0.3) is 0 Å². The van der Waals surface area contributed by atoms with Crippen LogP contribution in [0.2, 0.25) is 0 Å². The summed E-state index contributed by atoms with van der Waals surface area (Å²) in [4.78, 5) is 15.6. The van der Waals surface area contributed by atoms with Gasteiger partial charge in [-0.05, 0) is 53.9 Å². The van der Waals surface area contributed by atoms with E-state index in [9.17, 15) is 23.6 Å². The highest BCUT2D eigenvalue weighted by atomic mass is 32.2. The molecular formula is C22H18N2O4S. The monoisotopic (exact) mass is 406 g/mol. The van der Waals surface area contributed by atoms with E-state index in [1.54, 1.807) is 36.5 Å². The number of aromatic carboxylic acids is 1. The Morgan fingerprint density at radius 1 is 1.10 bits per heavy atom. The Balaban J connectivity index is 2.13. The Morgan fingerprint density at radius 3 is 2.52 bits per heavy atom. The number of nitrogens with zero attached hydrogens (tertiary/aromatic N) is 2. The first kappa shape index (κ1) is 20.2. The second-order valence-corrected chi connectivity index (χ2v) is 8.40. The molecular weight excluding hydrogens is 388 g/mol. The molecule has 0 atom stereocenters. The average Bonchev–Trinajstić information content (AvgIpc) is 2.73. The predicted molar refractivity (Wildman–Crippen MR) is 108 cm³/mol. The van der Waals surface area contributed by atoms with Crippen molar-refractivity contribution in [2.75, 3.05) is 0 Å². The Morgan fingerprint density at radius 2 is 1.90 bits per heavy atom. The van der Waals surface area contributed by atoms with Crippen molar-refractivity contribution in [3.05, 3.63) is 83.0 Å².